The van der Waals surface area contributed by atoms with E-state index in [9.17, 15) is 37.9 Å². The molecule has 6 unspecified atom stereocenters. The van der Waals surface area contributed by atoms with E-state index in [1.807, 2.05) is 0 Å². The van der Waals surface area contributed by atoms with E-state index >= 15 is 0 Å². The summed E-state index contributed by atoms with van der Waals surface area (Å²) in [4.78, 5) is 25.4. The second kappa shape index (κ2) is 36.1. The Hall–Kier alpha value is -1.61. The van der Waals surface area contributed by atoms with Crippen LogP contribution in [0.2, 0.25) is 0 Å². The molecule has 0 amide bonds. The van der Waals surface area contributed by atoms with Crippen LogP contribution < -0.4 is 0 Å². The van der Waals surface area contributed by atoms with Crippen LogP contribution in [0.5, 0.6) is 0 Å². The molecule has 1 rings (SSSR count). The van der Waals surface area contributed by atoms with E-state index in [2.05, 4.69) is 26.0 Å². The van der Waals surface area contributed by atoms with Gasteiger partial charge in [0.25, 0.3) is 10.1 Å². The van der Waals surface area contributed by atoms with Gasteiger partial charge in [-0.2, -0.15) is 8.42 Å². The summed E-state index contributed by atoms with van der Waals surface area (Å²) < 4.78 is 54.0. The third-order valence-corrected chi connectivity index (χ3v) is 11.6. The number of esters is 2. The van der Waals surface area contributed by atoms with E-state index in [-0.39, 0.29) is 19.4 Å². The SMILES string of the molecule is CCCC/C=C\CCCCCCCC(=O)OC(COC(=O)CCCCCCCCCCCCCCCCCCCCC)COC1OC(CS(=O)(=O)O)C(O)C(O)C1O. The number of aliphatic hydroxyl groups is 3. The molecule has 1 saturated heterocycles. The monoisotopic (exact) mass is 849 g/mol. The van der Waals surface area contributed by atoms with Gasteiger partial charge in [0.2, 0.25) is 0 Å². The third kappa shape index (κ3) is 30.4. The van der Waals surface area contributed by atoms with Gasteiger partial charge in [-0.1, -0.05) is 174 Å². The first-order chi connectivity index (χ1) is 28.0. The molecule has 0 saturated carbocycles. The summed E-state index contributed by atoms with van der Waals surface area (Å²) >= 11 is 0. The molecular weight excluding hydrogens is 765 g/mol. The Kier molecular flexibility index (Phi) is 33.8. The first-order valence-corrected chi connectivity index (χ1v) is 24.9. The Balaban J connectivity index is 2.38. The van der Waals surface area contributed by atoms with E-state index in [1.165, 1.54) is 109 Å². The van der Waals surface area contributed by atoms with Gasteiger partial charge in [0.1, 0.15) is 36.8 Å². The van der Waals surface area contributed by atoms with Crippen molar-refractivity contribution in [2.24, 2.45) is 0 Å². The zero-order valence-electron chi connectivity index (χ0n) is 36.4. The van der Waals surface area contributed by atoms with Crippen LogP contribution in [0.1, 0.15) is 206 Å². The van der Waals surface area contributed by atoms with Gasteiger partial charge in [-0.25, -0.2) is 0 Å². The highest BCUT2D eigenvalue weighted by atomic mass is 32.2. The Morgan fingerprint density at radius 1 is 0.569 bits per heavy atom. The lowest BCUT2D eigenvalue weighted by atomic mass is 10.00. The van der Waals surface area contributed by atoms with E-state index in [1.54, 1.807) is 0 Å². The second-order valence-electron chi connectivity index (χ2n) is 16.4. The summed E-state index contributed by atoms with van der Waals surface area (Å²) in [5, 5.41) is 30.8. The highest BCUT2D eigenvalue weighted by Gasteiger charge is 2.46. The van der Waals surface area contributed by atoms with Gasteiger partial charge in [0.05, 0.1) is 6.61 Å². The van der Waals surface area contributed by atoms with Crippen LogP contribution in [-0.2, 0) is 38.7 Å². The normalized spacial score (nSPS) is 20.4. The van der Waals surface area contributed by atoms with Crippen LogP contribution in [0.4, 0.5) is 0 Å². The number of hydrogen-bond acceptors (Lipinski definition) is 11. The molecule has 1 aliphatic rings. The van der Waals surface area contributed by atoms with Crippen molar-refractivity contribution in [1.82, 2.24) is 0 Å². The molecule has 0 aromatic carbocycles. The largest absolute Gasteiger partial charge is 0.462 e. The Morgan fingerprint density at radius 2 is 1.00 bits per heavy atom. The van der Waals surface area contributed by atoms with E-state index in [4.69, 9.17) is 18.9 Å². The molecule has 1 fully saturated rings. The quantitative estimate of drug-likeness (QED) is 0.0199. The van der Waals surface area contributed by atoms with Crippen molar-refractivity contribution in [3.8, 4) is 0 Å². The van der Waals surface area contributed by atoms with E-state index in [0.29, 0.717) is 12.8 Å². The van der Waals surface area contributed by atoms with E-state index < -0.39 is 71.2 Å². The molecule has 1 heterocycles. The summed E-state index contributed by atoms with van der Waals surface area (Å²) in [5.74, 6) is -1.98. The van der Waals surface area contributed by atoms with Gasteiger partial charge in [0.15, 0.2) is 12.4 Å². The van der Waals surface area contributed by atoms with Gasteiger partial charge in [-0.15, -0.1) is 0 Å². The van der Waals surface area contributed by atoms with Crippen molar-refractivity contribution in [2.75, 3.05) is 19.0 Å². The summed E-state index contributed by atoms with van der Waals surface area (Å²) in [6.07, 6.45) is 28.4. The highest BCUT2D eigenvalue weighted by molar-refractivity contribution is 7.85. The van der Waals surface area contributed by atoms with Crippen molar-refractivity contribution in [3.63, 3.8) is 0 Å². The minimum atomic E-state index is -4.60. The van der Waals surface area contributed by atoms with Crippen LogP contribution in [0, 0.1) is 0 Å². The fraction of sp³-hybridized carbons (Fsp3) is 0.911. The van der Waals surface area contributed by atoms with E-state index in [0.717, 1.165) is 57.8 Å². The number of hydrogen-bond donors (Lipinski definition) is 4. The Labute approximate surface area is 352 Å². The topological polar surface area (TPSA) is 186 Å². The maximum absolute atomic E-state index is 12.8. The smallest absolute Gasteiger partial charge is 0.306 e. The lowest BCUT2D eigenvalue weighted by molar-refractivity contribution is -0.297. The molecule has 58 heavy (non-hydrogen) atoms. The average Bonchev–Trinajstić information content (AvgIpc) is 3.18. The lowest BCUT2D eigenvalue weighted by Crippen LogP contribution is -2.60. The standard InChI is InChI=1S/C45H84O12S/c1-3-5-7-9-11-13-15-16-17-18-19-20-21-22-24-25-27-29-31-33-40(46)54-35-38(56-41(47)34-32-30-28-26-23-14-12-10-8-6-4-2)36-55-45-44(50)43(49)42(48)39(57-45)37-58(51,52)53/h10,12,38-39,42-45,48-50H,3-9,11,13-37H2,1-2H3,(H,51,52,53)/b12-10-. The predicted molar refractivity (Wildman–Crippen MR) is 229 cm³/mol. The van der Waals surface area contributed by atoms with Crippen molar-refractivity contribution < 1.29 is 56.8 Å². The van der Waals surface area contributed by atoms with Crippen molar-refractivity contribution in [3.05, 3.63) is 12.2 Å². The number of carbonyl (C=O) groups is 2. The number of allylic oxidation sites excluding steroid dienone is 2. The molecule has 0 aromatic heterocycles. The van der Waals surface area contributed by atoms with Gasteiger partial charge in [-0.3, -0.25) is 14.1 Å². The molecule has 0 bridgehead atoms. The third-order valence-electron chi connectivity index (χ3n) is 10.8. The first kappa shape index (κ1) is 54.4. The molecule has 0 aromatic rings. The molecule has 4 N–H and O–H groups in total. The van der Waals surface area contributed by atoms with Crippen LogP contribution >= 0.6 is 0 Å². The number of rotatable bonds is 39. The summed E-state index contributed by atoms with van der Waals surface area (Å²) in [5.41, 5.74) is 0. The van der Waals surface area contributed by atoms with Crippen LogP contribution in [0.25, 0.3) is 0 Å². The number of unbranched alkanes of at least 4 members (excludes halogenated alkanes) is 25. The summed E-state index contributed by atoms with van der Waals surface area (Å²) in [7, 11) is -4.60. The molecule has 0 spiro atoms. The van der Waals surface area contributed by atoms with Gasteiger partial charge in [-0.05, 0) is 32.1 Å². The maximum Gasteiger partial charge on any atom is 0.306 e. The fourth-order valence-corrected chi connectivity index (χ4v) is 7.88. The molecule has 342 valence electrons. The lowest BCUT2D eigenvalue weighted by Gasteiger charge is -2.40. The number of aliphatic hydroxyl groups excluding tert-OH is 3. The Bertz CT molecular complexity index is 1130. The molecule has 6 atom stereocenters. The molecule has 1 aliphatic heterocycles. The fourth-order valence-electron chi connectivity index (χ4n) is 7.19. The van der Waals surface area contributed by atoms with Crippen LogP contribution in [0.3, 0.4) is 0 Å². The number of ether oxygens (including phenoxy) is 4. The zero-order valence-corrected chi connectivity index (χ0v) is 37.2. The minimum absolute atomic E-state index is 0.157. The molecule has 0 aliphatic carbocycles. The highest BCUT2D eigenvalue weighted by Crippen LogP contribution is 2.24. The van der Waals surface area contributed by atoms with Crippen molar-refractivity contribution in [1.29, 1.82) is 0 Å². The maximum atomic E-state index is 12.8. The molecule has 13 heteroatoms. The molecule has 12 nitrogen and oxygen atoms in total. The van der Waals surface area contributed by atoms with Crippen LogP contribution in [0.15, 0.2) is 12.2 Å². The van der Waals surface area contributed by atoms with Gasteiger partial charge >= 0.3 is 11.9 Å². The van der Waals surface area contributed by atoms with Crippen molar-refractivity contribution >= 4 is 22.1 Å². The summed E-state index contributed by atoms with van der Waals surface area (Å²) in [6, 6.07) is 0. The minimum Gasteiger partial charge on any atom is -0.462 e. The summed E-state index contributed by atoms with van der Waals surface area (Å²) in [6.45, 7) is 3.73. The number of carbonyl (C=O) groups excluding carboxylic acids is 2. The predicted octanol–water partition coefficient (Wildman–Crippen LogP) is 9.45. The molecule has 0 radical (unpaired) electrons. The first-order valence-electron chi connectivity index (χ1n) is 23.2. The second-order valence-corrected chi connectivity index (χ2v) is 17.9. The Morgan fingerprint density at radius 3 is 1.48 bits per heavy atom. The van der Waals surface area contributed by atoms with Crippen LogP contribution in [-0.4, -0.2) is 96.0 Å². The average molecular weight is 849 g/mol. The zero-order chi connectivity index (χ0) is 42.7. The van der Waals surface area contributed by atoms with Crippen molar-refractivity contribution in [2.45, 2.75) is 243 Å². The van der Waals surface area contributed by atoms with Gasteiger partial charge in [0, 0.05) is 12.8 Å². The van der Waals surface area contributed by atoms with Gasteiger partial charge < -0.3 is 34.3 Å². The molecular formula is C45H84O12S.